The Morgan fingerprint density at radius 2 is 2.24 bits per heavy atom. The van der Waals surface area contributed by atoms with E-state index in [4.69, 9.17) is 9.47 Å². The minimum absolute atomic E-state index is 0.00617. The molecule has 2 aromatic heterocycles. The molecule has 6 nitrogen and oxygen atoms in total. The monoisotopic (exact) mass is 425 g/mol. The lowest BCUT2D eigenvalue weighted by molar-refractivity contribution is -0.120. The fourth-order valence-electron chi connectivity index (χ4n) is 2.36. The molecule has 0 saturated carbocycles. The van der Waals surface area contributed by atoms with Crippen LogP contribution < -0.4 is 10.1 Å². The van der Waals surface area contributed by atoms with Crippen LogP contribution in [0, 0.1) is 5.41 Å². The molecule has 0 spiro atoms. The second kappa shape index (κ2) is 7.01. The average molecular weight is 426 g/mol. The molecular weight excluding hydrogens is 406 g/mol. The molecule has 0 radical (unpaired) electrons. The van der Waals surface area contributed by atoms with Crippen LogP contribution in [-0.2, 0) is 10.3 Å². The highest BCUT2D eigenvalue weighted by molar-refractivity contribution is 9.10. The summed E-state index contributed by atoms with van der Waals surface area (Å²) in [6, 6.07) is 3.44. The van der Waals surface area contributed by atoms with Crippen molar-refractivity contribution in [3.8, 4) is 5.88 Å². The number of hydrogen-bond donors (Lipinski definition) is 1. The molecule has 1 saturated heterocycles. The molecule has 1 aliphatic heterocycles. The van der Waals surface area contributed by atoms with Crippen molar-refractivity contribution >= 4 is 33.2 Å². The number of aromatic nitrogens is 2. The third-order valence-corrected chi connectivity index (χ3v) is 5.60. The zero-order chi connectivity index (χ0) is 18.1. The number of amides is 1. The first-order valence-corrected chi connectivity index (χ1v) is 9.56. The highest BCUT2D eigenvalue weighted by Crippen LogP contribution is 2.30. The van der Waals surface area contributed by atoms with E-state index in [9.17, 15) is 4.79 Å². The van der Waals surface area contributed by atoms with E-state index >= 15 is 0 Å². The molecular formula is C17H20BrN3O3S. The second-order valence-electron chi connectivity index (χ2n) is 6.99. The van der Waals surface area contributed by atoms with Crippen LogP contribution >= 0.6 is 27.3 Å². The zero-order valence-electron chi connectivity index (χ0n) is 14.3. The van der Waals surface area contributed by atoms with Gasteiger partial charge in [0, 0.05) is 17.0 Å². The van der Waals surface area contributed by atoms with Crippen molar-refractivity contribution in [2.24, 2.45) is 5.41 Å². The SMILES string of the molecule is CC1(COc2nc(C(=O)NC(C)(C)c3nccs3)ccc2Br)COC1. The lowest BCUT2D eigenvalue weighted by Crippen LogP contribution is -2.44. The summed E-state index contributed by atoms with van der Waals surface area (Å²) in [7, 11) is 0. The lowest BCUT2D eigenvalue weighted by Gasteiger charge is -2.37. The summed E-state index contributed by atoms with van der Waals surface area (Å²) in [4.78, 5) is 21.2. The van der Waals surface area contributed by atoms with Gasteiger partial charge in [0.25, 0.3) is 5.91 Å². The van der Waals surface area contributed by atoms with Gasteiger partial charge in [-0.2, -0.15) is 0 Å². The molecule has 1 N–H and O–H groups in total. The van der Waals surface area contributed by atoms with Crippen LogP contribution in [0.2, 0.25) is 0 Å². The summed E-state index contributed by atoms with van der Waals surface area (Å²) in [6.07, 6.45) is 1.72. The highest BCUT2D eigenvalue weighted by Gasteiger charge is 2.34. The molecule has 134 valence electrons. The largest absolute Gasteiger partial charge is 0.476 e. The Hall–Kier alpha value is -1.51. The van der Waals surface area contributed by atoms with Crippen molar-refractivity contribution in [1.29, 1.82) is 0 Å². The number of ether oxygens (including phenoxy) is 2. The molecule has 3 rings (SSSR count). The number of hydrogen-bond acceptors (Lipinski definition) is 6. The van der Waals surface area contributed by atoms with Crippen LogP contribution in [0.25, 0.3) is 0 Å². The molecule has 1 amide bonds. The number of carbonyl (C=O) groups is 1. The van der Waals surface area contributed by atoms with Gasteiger partial charge in [-0.15, -0.1) is 11.3 Å². The molecule has 0 atom stereocenters. The molecule has 1 fully saturated rings. The number of nitrogens with one attached hydrogen (secondary N) is 1. The van der Waals surface area contributed by atoms with Crippen molar-refractivity contribution in [3.05, 3.63) is 38.9 Å². The van der Waals surface area contributed by atoms with Gasteiger partial charge in [-0.25, -0.2) is 9.97 Å². The first-order valence-electron chi connectivity index (χ1n) is 7.89. The molecule has 2 aromatic rings. The summed E-state index contributed by atoms with van der Waals surface area (Å²) in [5.41, 5.74) is -0.262. The smallest absolute Gasteiger partial charge is 0.270 e. The minimum Gasteiger partial charge on any atom is -0.476 e. The van der Waals surface area contributed by atoms with E-state index in [2.05, 4.69) is 38.1 Å². The molecule has 0 unspecified atom stereocenters. The van der Waals surface area contributed by atoms with E-state index in [1.807, 2.05) is 19.2 Å². The van der Waals surface area contributed by atoms with E-state index in [0.717, 1.165) is 5.01 Å². The molecule has 25 heavy (non-hydrogen) atoms. The Morgan fingerprint density at radius 3 is 2.84 bits per heavy atom. The van der Waals surface area contributed by atoms with Gasteiger partial charge in [-0.1, -0.05) is 6.92 Å². The fraction of sp³-hybridized carbons (Fsp3) is 0.471. The van der Waals surface area contributed by atoms with Gasteiger partial charge >= 0.3 is 0 Å². The summed E-state index contributed by atoms with van der Waals surface area (Å²) in [5.74, 6) is 0.142. The van der Waals surface area contributed by atoms with Gasteiger partial charge in [0.2, 0.25) is 5.88 Å². The normalized spacial score (nSPS) is 16.2. The van der Waals surface area contributed by atoms with Crippen molar-refractivity contribution < 1.29 is 14.3 Å². The third-order valence-electron chi connectivity index (χ3n) is 3.90. The average Bonchev–Trinajstić information content (AvgIpc) is 3.07. The molecule has 8 heteroatoms. The van der Waals surface area contributed by atoms with Gasteiger partial charge in [0.05, 0.1) is 29.8 Å². The summed E-state index contributed by atoms with van der Waals surface area (Å²) < 4.78 is 11.8. The summed E-state index contributed by atoms with van der Waals surface area (Å²) >= 11 is 4.92. The maximum Gasteiger partial charge on any atom is 0.270 e. The predicted molar refractivity (Wildman–Crippen MR) is 99.0 cm³/mol. The van der Waals surface area contributed by atoms with E-state index < -0.39 is 5.54 Å². The number of carbonyl (C=O) groups excluding carboxylic acids is 1. The van der Waals surface area contributed by atoms with Crippen LogP contribution in [0.4, 0.5) is 0 Å². The fourth-order valence-corrected chi connectivity index (χ4v) is 3.41. The first-order chi connectivity index (χ1) is 11.8. The predicted octanol–water partition coefficient (Wildman–Crippen LogP) is 3.38. The maximum atomic E-state index is 12.6. The molecule has 1 aliphatic rings. The highest BCUT2D eigenvalue weighted by atomic mass is 79.9. The van der Waals surface area contributed by atoms with E-state index in [1.165, 1.54) is 11.3 Å². The summed E-state index contributed by atoms with van der Waals surface area (Å²) in [6.45, 7) is 7.76. The van der Waals surface area contributed by atoms with Crippen molar-refractivity contribution in [3.63, 3.8) is 0 Å². The van der Waals surface area contributed by atoms with Gasteiger partial charge in [-0.05, 0) is 41.9 Å². The van der Waals surface area contributed by atoms with Crippen molar-refractivity contribution in [2.45, 2.75) is 26.3 Å². The Balaban J connectivity index is 1.71. The standard InChI is InChI=1S/C17H20BrN3O3S/c1-16(2,15-19-6-7-25-15)21-13(22)12-5-4-11(18)14(20-12)24-10-17(3)8-23-9-17/h4-7H,8-10H2,1-3H3,(H,21,22). The van der Waals surface area contributed by atoms with E-state index in [1.54, 1.807) is 18.3 Å². The third kappa shape index (κ3) is 4.19. The van der Waals surface area contributed by atoms with Crippen molar-refractivity contribution in [1.82, 2.24) is 15.3 Å². The number of halogens is 1. The van der Waals surface area contributed by atoms with Crippen LogP contribution in [0.5, 0.6) is 5.88 Å². The Labute approximate surface area is 159 Å². The molecule has 0 aliphatic carbocycles. The van der Waals surface area contributed by atoms with Crippen LogP contribution in [0.3, 0.4) is 0 Å². The summed E-state index contributed by atoms with van der Waals surface area (Å²) in [5, 5.41) is 5.70. The number of pyridine rings is 1. The van der Waals surface area contributed by atoms with Crippen LogP contribution in [0.15, 0.2) is 28.2 Å². The van der Waals surface area contributed by atoms with Crippen molar-refractivity contribution in [2.75, 3.05) is 19.8 Å². The second-order valence-corrected chi connectivity index (χ2v) is 8.74. The Bertz CT molecular complexity index is 761. The van der Waals surface area contributed by atoms with Gasteiger partial charge in [0.15, 0.2) is 0 Å². The van der Waals surface area contributed by atoms with Gasteiger partial charge in [-0.3, -0.25) is 4.79 Å². The van der Waals surface area contributed by atoms with Gasteiger partial charge < -0.3 is 14.8 Å². The van der Waals surface area contributed by atoms with E-state index in [0.29, 0.717) is 35.9 Å². The first kappa shape index (κ1) is 18.3. The zero-order valence-corrected chi connectivity index (χ0v) is 16.7. The van der Waals surface area contributed by atoms with E-state index in [-0.39, 0.29) is 11.3 Å². The topological polar surface area (TPSA) is 73.3 Å². The lowest BCUT2D eigenvalue weighted by atomic mass is 9.90. The quantitative estimate of drug-likeness (QED) is 0.767. The molecule has 0 aromatic carbocycles. The Morgan fingerprint density at radius 1 is 1.48 bits per heavy atom. The van der Waals surface area contributed by atoms with Gasteiger partial charge in [0.1, 0.15) is 10.7 Å². The number of thiazole rings is 1. The molecule has 3 heterocycles. The number of nitrogens with zero attached hydrogens (tertiary/aromatic N) is 2. The maximum absolute atomic E-state index is 12.6. The van der Waals surface area contributed by atoms with Crippen LogP contribution in [-0.4, -0.2) is 35.7 Å². The Kier molecular flexibility index (Phi) is 5.13. The number of rotatable bonds is 6. The minimum atomic E-state index is -0.572. The molecule has 0 bridgehead atoms. The van der Waals surface area contributed by atoms with Crippen LogP contribution in [0.1, 0.15) is 36.3 Å².